The van der Waals surface area contributed by atoms with E-state index in [0.717, 1.165) is 12.4 Å². The minimum Gasteiger partial charge on any atom is -0.261 e. The smallest absolute Gasteiger partial charge is 0.177 e. The molecule has 0 N–H and O–H groups in total. The van der Waals surface area contributed by atoms with Crippen LogP contribution in [0.25, 0.3) is 0 Å². The predicted molar refractivity (Wildman–Crippen MR) is 23.0 cm³/mol. The highest BCUT2D eigenvalue weighted by atomic mass is 19.2. The highest BCUT2D eigenvalue weighted by Gasteiger charge is 1.95. The van der Waals surface area contributed by atoms with Crippen LogP contribution in [0.2, 0.25) is 0 Å². The van der Waals surface area contributed by atoms with Crippen molar-refractivity contribution in [2.75, 3.05) is 0 Å². The first-order valence-electron chi connectivity index (χ1n) is 1.97. The van der Waals surface area contributed by atoms with Gasteiger partial charge in [0.25, 0.3) is 0 Å². The molecule has 1 radical (unpaired) electrons. The number of hydrogen-bond donors (Lipinski definition) is 0. The van der Waals surface area contributed by atoms with Gasteiger partial charge in [-0.2, -0.15) is 0 Å². The fourth-order valence-electron chi connectivity index (χ4n) is 0.322. The van der Waals surface area contributed by atoms with Crippen molar-refractivity contribution in [3.05, 3.63) is 30.1 Å². The van der Waals surface area contributed by atoms with E-state index >= 15 is 0 Å². The molecule has 0 atom stereocenters. The first kappa shape index (κ1) is 5.15. The third-order valence-electron chi connectivity index (χ3n) is 0.663. The first-order valence-corrected chi connectivity index (χ1v) is 1.97. The molecule has 0 aliphatic heterocycles. The standard InChI is InChI=1S/C5H2F2N/c6-4-1-2-8-3-5(4)7/h2-3H. The van der Waals surface area contributed by atoms with Crippen LogP contribution >= 0.6 is 0 Å². The van der Waals surface area contributed by atoms with Gasteiger partial charge in [0.2, 0.25) is 0 Å². The van der Waals surface area contributed by atoms with Gasteiger partial charge >= 0.3 is 0 Å². The van der Waals surface area contributed by atoms with E-state index in [4.69, 9.17) is 0 Å². The molecule has 1 nitrogen and oxygen atoms in total. The maximum absolute atomic E-state index is 11.8. The number of hydrogen-bond acceptors (Lipinski definition) is 1. The SMILES string of the molecule is Fc1[c]cncc1F. The Hall–Kier alpha value is -0.990. The average molecular weight is 114 g/mol. The highest BCUT2D eigenvalue weighted by molar-refractivity contribution is 4.94. The molecule has 1 rings (SSSR count). The van der Waals surface area contributed by atoms with Crippen LogP contribution in [0.5, 0.6) is 0 Å². The van der Waals surface area contributed by atoms with Gasteiger partial charge in [0, 0.05) is 12.3 Å². The van der Waals surface area contributed by atoms with Gasteiger partial charge in [0.05, 0.1) is 6.20 Å². The lowest BCUT2D eigenvalue weighted by Crippen LogP contribution is -1.82. The number of rotatable bonds is 0. The van der Waals surface area contributed by atoms with Gasteiger partial charge in [-0.15, -0.1) is 0 Å². The van der Waals surface area contributed by atoms with E-state index in [2.05, 4.69) is 4.98 Å². The van der Waals surface area contributed by atoms with Crippen LogP contribution in [0.4, 0.5) is 8.78 Å². The van der Waals surface area contributed by atoms with Gasteiger partial charge in [-0.3, -0.25) is 4.98 Å². The Morgan fingerprint density at radius 2 is 2.25 bits per heavy atom. The Bertz CT molecular complexity index is 167. The van der Waals surface area contributed by atoms with Gasteiger partial charge in [-0.1, -0.05) is 0 Å². The number of nitrogens with zero attached hydrogens (tertiary/aromatic N) is 1. The molecule has 1 heterocycles. The Morgan fingerprint density at radius 1 is 1.50 bits per heavy atom. The van der Waals surface area contributed by atoms with Gasteiger partial charge in [0.15, 0.2) is 11.6 Å². The van der Waals surface area contributed by atoms with Crippen LogP contribution in [0.1, 0.15) is 0 Å². The lowest BCUT2D eigenvalue weighted by atomic mass is 10.5. The van der Waals surface area contributed by atoms with Crippen molar-refractivity contribution in [1.82, 2.24) is 4.98 Å². The second-order valence-electron chi connectivity index (χ2n) is 1.21. The van der Waals surface area contributed by atoms with Gasteiger partial charge in [0.1, 0.15) is 0 Å². The molecule has 1 aromatic heterocycles. The van der Waals surface area contributed by atoms with E-state index in [1.807, 2.05) is 6.07 Å². The summed E-state index contributed by atoms with van der Waals surface area (Å²) in [6.07, 6.45) is 1.87. The normalized spacial score (nSPS) is 9.25. The van der Waals surface area contributed by atoms with Crippen molar-refractivity contribution in [3.63, 3.8) is 0 Å². The first-order chi connectivity index (χ1) is 3.80. The van der Waals surface area contributed by atoms with E-state index in [0.29, 0.717) is 0 Å². The maximum Gasteiger partial charge on any atom is 0.177 e. The van der Waals surface area contributed by atoms with Gasteiger partial charge < -0.3 is 0 Å². The summed E-state index contributed by atoms with van der Waals surface area (Å²) in [7, 11) is 0. The molecule has 8 heavy (non-hydrogen) atoms. The predicted octanol–water partition coefficient (Wildman–Crippen LogP) is 1.16. The quantitative estimate of drug-likeness (QED) is 0.493. The number of aromatic nitrogens is 1. The van der Waals surface area contributed by atoms with Crippen LogP contribution < -0.4 is 0 Å². The van der Waals surface area contributed by atoms with Crippen molar-refractivity contribution < 1.29 is 8.78 Å². The molecule has 0 aliphatic carbocycles. The van der Waals surface area contributed by atoms with Crippen LogP contribution in [0, 0.1) is 17.7 Å². The fraction of sp³-hybridized carbons (Fsp3) is 0. The summed E-state index contributed by atoms with van der Waals surface area (Å²) in [5.41, 5.74) is 0. The summed E-state index contributed by atoms with van der Waals surface area (Å²) < 4.78 is 23.7. The van der Waals surface area contributed by atoms with Crippen LogP contribution in [0.3, 0.4) is 0 Å². The molecule has 0 saturated carbocycles. The molecule has 0 amide bonds. The van der Waals surface area contributed by atoms with Crippen molar-refractivity contribution in [1.29, 1.82) is 0 Å². The molecule has 0 saturated heterocycles. The van der Waals surface area contributed by atoms with E-state index in [1.54, 1.807) is 0 Å². The Morgan fingerprint density at radius 3 is 2.62 bits per heavy atom. The minimum absolute atomic E-state index is 0.797. The molecule has 0 aromatic carbocycles. The molecule has 0 spiro atoms. The molecule has 0 bridgehead atoms. The zero-order valence-electron chi connectivity index (χ0n) is 3.86. The van der Waals surface area contributed by atoms with Gasteiger partial charge in [-0.25, -0.2) is 8.78 Å². The number of halogens is 2. The molecule has 0 fully saturated rings. The molecule has 41 valence electrons. The summed E-state index contributed by atoms with van der Waals surface area (Å²) >= 11 is 0. The van der Waals surface area contributed by atoms with E-state index < -0.39 is 11.6 Å². The Balaban J connectivity index is 3.13. The number of pyridine rings is 1. The van der Waals surface area contributed by atoms with Crippen molar-refractivity contribution in [3.8, 4) is 0 Å². The van der Waals surface area contributed by atoms with Crippen molar-refractivity contribution >= 4 is 0 Å². The lowest BCUT2D eigenvalue weighted by Gasteiger charge is -1.83. The molecular weight excluding hydrogens is 112 g/mol. The van der Waals surface area contributed by atoms with E-state index in [-0.39, 0.29) is 0 Å². The van der Waals surface area contributed by atoms with Gasteiger partial charge in [-0.05, 0) is 0 Å². The third kappa shape index (κ3) is 0.804. The Kier molecular flexibility index (Phi) is 1.20. The third-order valence-corrected chi connectivity index (χ3v) is 0.663. The summed E-state index contributed by atoms with van der Waals surface area (Å²) in [5.74, 6) is -1.95. The molecule has 3 heteroatoms. The fourth-order valence-corrected chi connectivity index (χ4v) is 0.322. The van der Waals surface area contributed by atoms with Crippen LogP contribution in [0.15, 0.2) is 12.4 Å². The molecule has 0 unspecified atom stereocenters. The molecule has 0 aliphatic rings. The summed E-state index contributed by atoms with van der Waals surface area (Å²) in [5, 5.41) is 0. The van der Waals surface area contributed by atoms with Crippen LogP contribution in [-0.2, 0) is 0 Å². The zero-order valence-corrected chi connectivity index (χ0v) is 3.86. The summed E-state index contributed by atoms with van der Waals surface area (Å²) in [6.45, 7) is 0. The van der Waals surface area contributed by atoms with E-state index in [9.17, 15) is 8.78 Å². The lowest BCUT2D eigenvalue weighted by molar-refractivity contribution is 0.502. The van der Waals surface area contributed by atoms with Crippen LogP contribution in [-0.4, -0.2) is 4.98 Å². The highest BCUT2D eigenvalue weighted by Crippen LogP contribution is 1.98. The monoisotopic (exact) mass is 114 g/mol. The molecular formula is C5H2F2N. The zero-order chi connectivity index (χ0) is 5.98. The largest absolute Gasteiger partial charge is 0.261 e. The van der Waals surface area contributed by atoms with Crippen molar-refractivity contribution in [2.24, 2.45) is 0 Å². The second-order valence-corrected chi connectivity index (χ2v) is 1.21. The maximum atomic E-state index is 11.8. The minimum atomic E-state index is -0.986. The van der Waals surface area contributed by atoms with E-state index in [1.165, 1.54) is 0 Å². The summed E-state index contributed by atoms with van der Waals surface area (Å²) in [4.78, 5) is 3.27. The average Bonchev–Trinajstić information content (AvgIpc) is 1.77. The summed E-state index contributed by atoms with van der Waals surface area (Å²) in [6, 6.07) is 1.95. The van der Waals surface area contributed by atoms with Crippen molar-refractivity contribution in [2.45, 2.75) is 0 Å². The topological polar surface area (TPSA) is 12.9 Å². The molecule has 1 aromatic rings. The Labute approximate surface area is 45.0 Å². The second kappa shape index (κ2) is 1.86.